The van der Waals surface area contributed by atoms with Crippen LogP contribution in [0, 0.1) is 17.3 Å². The number of allylic oxidation sites excluding steroid dienone is 4. The average molecular weight is 335 g/mol. The van der Waals surface area contributed by atoms with E-state index in [-0.39, 0.29) is 5.41 Å². The van der Waals surface area contributed by atoms with Gasteiger partial charge >= 0.3 is 0 Å². The molecule has 1 nitrogen and oxygen atoms in total. The summed E-state index contributed by atoms with van der Waals surface area (Å²) in [5.74, 6) is 1.17. The first-order chi connectivity index (χ1) is 11.9. The second kappa shape index (κ2) is 7.15. The van der Waals surface area contributed by atoms with Crippen LogP contribution in [-0.2, 0) is 0 Å². The van der Waals surface area contributed by atoms with Gasteiger partial charge in [-0.05, 0) is 28.9 Å². The van der Waals surface area contributed by atoms with Crippen molar-refractivity contribution in [2.24, 2.45) is 17.3 Å². The minimum atomic E-state index is 0.244. The molecule has 1 aromatic carbocycles. The van der Waals surface area contributed by atoms with E-state index in [0.717, 1.165) is 6.42 Å². The van der Waals surface area contributed by atoms with Crippen molar-refractivity contribution in [3.05, 3.63) is 65.8 Å². The maximum Gasteiger partial charge on any atom is 0.163 e. The molecule has 3 atom stereocenters. The summed E-state index contributed by atoms with van der Waals surface area (Å²) in [4.78, 5) is 0. The van der Waals surface area contributed by atoms with Gasteiger partial charge in [0.15, 0.2) is 12.3 Å². The largest absolute Gasteiger partial charge is 0.235 e. The molecule has 0 N–H and O–H groups in total. The standard InChI is InChI=1S/C24H32N/c1-6-18-12-13-20(19-10-8-7-9-11-19)16-22(18)23-17-21(24(2,3)4)14-15-25(23)5/h7-16,18,22-23H,6,17H2,1-5H3/q+1. The van der Waals surface area contributed by atoms with E-state index < -0.39 is 0 Å². The van der Waals surface area contributed by atoms with Gasteiger partial charge in [0.2, 0.25) is 0 Å². The first-order valence-electron chi connectivity index (χ1n) is 9.62. The van der Waals surface area contributed by atoms with Crippen molar-refractivity contribution in [2.45, 2.75) is 46.6 Å². The SMILES string of the molecule is CCC1C=CC(c2ccccc2)=CC1C1CC(C(C)(C)C)=CC=[N+]1C. The molecule has 1 aromatic rings. The van der Waals surface area contributed by atoms with Crippen molar-refractivity contribution in [3.8, 4) is 0 Å². The van der Waals surface area contributed by atoms with Gasteiger partial charge in [-0.25, -0.2) is 4.58 Å². The molecule has 2 aliphatic rings. The highest BCUT2D eigenvalue weighted by atomic mass is 15.0. The summed E-state index contributed by atoms with van der Waals surface area (Å²) in [6, 6.07) is 11.3. The third kappa shape index (κ3) is 3.86. The molecule has 1 heterocycles. The molecular formula is C24H32N+. The van der Waals surface area contributed by atoms with Crippen molar-refractivity contribution in [2.75, 3.05) is 7.05 Å². The lowest BCUT2D eigenvalue weighted by atomic mass is 9.73. The van der Waals surface area contributed by atoms with Gasteiger partial charge in [0.05, 0.1) is 0 Å². The summed E-state index contributed by atoms with van der Waals surface area (Å²) >= 11 is 0. The zero-order chi connectivity index (χ0) is 18.0. The van der Waals surface area contributed by atoms with E-state index in [4.69, 9.17) is 0 Å². The van der Waals surface area contributed by atoms with Crippen LogP contribution in [0.4, 0.5) is 0 Å². The van der Waals surface area contributed by atoms with Crippen molar-refractivity contribution >= 4 is 11.8 Å². The van der Waals surface area contributed by atoms with E-state index in [1.165, 1.54) is 17.6 Å². The average Bonchev–Trinajstić information content (AvgIpc) is 2.61. The Morgan fingerprint density at radius 1 is 1.12 bits per heavy atom. The molecule has 0 spiro atoms. The molecule has 0 saturated heterocycles. The van der Waals surface area contributed by atoms with E-state index in [1.807, 2.05) is 0 Å². The minimum absolute atomic E-state index is 0.244. The molecule has 0 amide bonds. The summed E-state index contributed by atoms with van der Waals surface area (Å²) in [6.45, 7) is 9.31. The van der Waals surface area contributed by atoms with Gasteiger partial charge < -0.3 is 0 Å². The molecule has 0 fully saturated rings. The van der Waals surface area contributed by atoms with Gasteiger partial charge in [-0.15, -0.1) is 0 Å². The minimum Gasteiger partial charge on any atom is -0.235 e. The fourth-order valence-electron chi connectivity index (χ4n) is 4.09. The molecule has 0 radical (unpaired) electrons. The van der Waals surface area contributed by atoms with Crippen molar-refractivity contribution in [1.29, 1.82) is 0 Å². The Labute approximate surface area is 153 Å². The number of hydrogen-bond donors (Lipinski definition) is 0. The fourth-order valence-corrected chi connectivity index (χ4v) is 4.09. The number of benzene rings is 1. The molecule has 1 aliphatic carbocycles. The number of hydrogen-bond acceptors (Lipinski definition) is 0. The lowest BCUT2D eigenvalue weighted by molar-refractivity contribution is -0.543. The quantitative estimate of drug-likeness (QED) is 0.620. The van der Waals surface area contributed by atoms with E-state index in [0.29, 0.717) is 17.9 Å². The Balaban J connectivity index is 1.93. The van der Waals surface area contributed by atoms with Crippen LogP contribution in [0.5, 0.6) is 0 Å². The van der Waals surface area contributed by atoms with E-state index in [1.54, 1.807) is 5.57 Å². The number of nitrogens with zero attached hydrogens (tertiary/aromatic N) is 1. The van der Waals surface area contributed by atoms with Gasteiger partial charge in [-0.3, -0.25) is 0 Å². The second-order valence-corrected chi connectivity index (χ2v) is 8.52. The topological polar surface area (TPSA) is 3.01 Å². The Hall–Kier alpha value is -1.89. The Kier molecular flexibility index (Phi) is 5.13. The number of rotatable bonds is 3. The van der Waals surface area contributed by atoms with Gasteiger partial charge in [0.1, 0.15) is 7.05 Å². The molecular weight excluding hydrogens is 302 g/mol. The molecule has 0 saturated carbocycles. The Bertz CT molecular complexity index is 725. The smallest absolute Gasteiger partial charge is 0.163 e. The van der Waals surface area contributed by atoms with Crippen LogP contribution in [0.3, 0.4) is 0 Å². The van der Waals surface area contributed by atoms with Crippen LogP contribution < -0.4 is 0 Å². The monoisotopic (exact) mass is 334 g/mol. The van der Waals surface area contributed by atoms with Gasteiger partial charge in [-0.2, -0.15) is 0 Å². The second-order valence-electron chi connectivity index (χ2n) is 8.52. The van der Waals surface area contributed by atoms with Crippen LogP contribution in [-0.4, -0.2) is 23.9 Å². The van der Waals surface area contributed by atoms with Crippen LogP contribution in [0.1, 0.15) is 46.1 Å². The predicted octanol–water partition coefficient (Wildman–Crippen LogP) is 5.74. The zero-order valence-electron chi connectivity index (χ0n) is 16.4. The van der Waals surface area contributed by atoms with E-state index >= 15 is 0 Å². The molecule has 1 heteroatoms. The third-order valence-electron chi connectivity index (χ3n) is 5.84. The summed E-state index contributed by atoms with van der Waals surface area (Å²) in [5, 5.41) is 0. The lowest BCUT2D eigenvalue weighted by Crippen LogP contribution is -2.39. The first kappa shape index (κ1) is 17.9. The fraction of sp³-hybridized carbons (Fsp3) is 0.458. The molecule has 3 unspecified atom stereocenters. The summed E-state index contributed by atoms with van der Waals surface area (Å²) in [7, 11) is 2.24. The highest BCUT2D eigenvalue weighted by Crippen LogP contribution is 2.38. The summed E-state index contributed by atoms with van der Waals surface area (Å²) in [6.07, 6.45) is 14.3. The Morgan fingerprint density at radius 2 is 1.84 bits per heavy atom. The molecule has 1 aliphatic heterocycles. The Morgan fingerprint density at radius 3 is 2.48 bits per heavy atom. The third-order valence-corrected chi connectivity index (χ3v) is 5.84. The predicted molar refractivity (Wildman–Crippen MR) is 109 cm³/mol. The van der Waals surface area contributed by atoms with Gasteiger partial charge in [-0.1, -0.05) is 81.8 Å². The summed E-state index contributed by atoms with van der Waals surface area (Å²) < 4.78 is 2.43. The van der Waals surface area contributed by atoms with Crippen LogP contribution in [0.2, 0.25) is 0 Å². The normalized spacial score (nSPS) is 26.8. The van der Waals surface area contributed by atoms with Gasteiger partial charge in [0.25, 0.3) is 0 Å². The maximum atomic E-state index is 2.53. The van der Waals surface area contributed by atoms with Crippen molar-refractivity contribution < 1.29 is 4.58 Å². The first-order valence-corrected chi connectivity index (χ1v) is 9.62. The molecule has 0 bridgehead atoms. The van der Waals surface area contributed by atoms with E-state index in [2.05, 4.69) is 100 Å². The van der Waals surface area contributed by atoms with Crippen LogP contribution in [0.25, 0.3) is 5.57 Å². The highest BCUT2D eigenvalue weighted by molar-refractivity contribution is 5.75. The lowest BCUT2D eigenvalue weighted by Gasteiger charge is -2.34. The van der Waals surface area contributed by atoms with Crippen molar-refractivity contribution in [1.82, 2.24) is 0 Å². The summed E-state index contributed by atoms with van der Waals surface area (Å²) in [5.41, 5.74) is 4.51. The van der Waals surface area contributed by atoms with Gasteiger partial charge in [0, 0.05) is 18.4 Å². The zero-order valence-corrected chi connectivity index (χ0v) is 16.4. The highest BCUT2D eigenvalue weighted by Gasteiger charge is 2.37. The molecule has 132 valence electrons. The maximum absolute atomic E-state index is 2.53. The van der Waals surface area contributed by atoms with E-state index in [9.17, 15) is 0 Å². The molecule has 0 aromatic heterocycles. The molecule has 25 heavy (non-hydrogen) atoms. The molecule has 3 rings (SSSR count). The van der Waals surface area contributed by atoms with Crippen LogP contribution >= 0.6 is 0 Å². The van der Waals surface area contributed by atoms with Crippen molar-refractivity contribution in [3.63, 3.8) is 0 Å². The van der Waals surface area contributed by atoms with Crippen LogP contribution in [0.15, 0.2) is 60.2 Å².